The monoisotopic (exact) mass is 482 g/mol. The molecule has 8 nitrogen and oxygen atoms in total. The number of halogens is 1. The van der Waals surface area contributed by atoms with E-state index in [9.17, 15) is 14.5 Å². The molecule has 1 N–H and O–H groups in total. The highest BCUT2D eigenvalue weighted by atomic mass is 32.1. The Bertz CT molecular complexity index is 980. The normalized spacial score (nSPS) is 20.0. The Labute approximate surface area is 201 Å². The highest BCUT2D eigenvalue weighted by Gasteiger charge is 2.42. The van der Waals surface area contributed by atoms with Crippen molar-refractivity contribution < 1.29 is 9.31 Å². The molecule has 0 unspecified atom stereocenters. The van der Waals surface area contributed by atoms with Crippen molar-refractivity contribution in [2.45, 2.75) is 52.4 Å². The number of fused-ring (bicyclic) bond motifs is 2. The minimum atomic E-state index is -0.514. The van der Waals surface area contributed by atoms with E-state index in [0.717, 1.165) is 31.7 Å². The van der Waals surface area contributed by atoms with Crippen molar-refractivity contribution in [2.75, 3.05) is 25.0 Å². The summed E-state index contributed by atoms with van der Waals surface area (Å²) in [5.74, 6) is 0.227. The van der Waals surface area contributed by atoms with Crippen molar-refractivity contribution in [3.63, 3.8) is 0 Å². The van der Waals surface area contributed by atoms with E-state index in [2.05, 4.69) is 32.0 Å². The summed E-state index contributed by atoms with van der Waals surface area (Å²) < 4.78 is 14.7. The van der Waals surface area contributed by atoms with Gasteiger partial charge in [0.1, 0.15) is 17.3 Å². The zero-order valence-corrected chi connectivity index (χ0v) is 20.6. The third-order valence-electron chi connectivity index (χ3n) is 6.18. The number of likely N-dealkylation sites (N-methyl/N-ethyl adjacent to an activating group) is 1. The van der Waals surface area contributed by atoms with E-state index in [-0.39, 0.29) is 56.6 Å². The first-order valence-corrected chi connectivity index (χ1v) is 10.3. The molecule has 0 radical (unpaired) electrons. The van der Waals surface area contributed by atoms with Crippen molar-refractivity contribution in [3.05, 3.63) is 56.8 Å². The summed E-state index contributed by atoms with van der Waals surface area (Å²) in [4.78, 5) is 24.0. The van der Waals surface area contributed by atoms with Gasteiger partial charge in [-0.15, -0.1) is 0 Å². The molecule has 0 saturated carbocycles. The van der Waals surface area contributed by atoms with Crippen molar-refractivity contribution in [1.82, 2.24) is 19.8 Å². The molecule has 3 heterocycles. The summed E-state index contributed by atoms with van der Waals surface area (Å²) in [6.07, 6.45) is 1.20. The Morgan fingerprint density at radius 2 is 1.88 bits per heavy atom. The van der Waals surface area contributed by atoms with Crippen molar-refractivity contribution in [1.29, 1.82) is 0 Å². The van der Waals surface area contributed by atoms with Crippen LogP contribution in [0.2, 0.25) is 0 Å². The van der Waals surface area contributed by atoms with E-state index in [1.165, 1.54) is 6.42 Å². The lowest BCUT2D eigenvalue weighted by molar-refractivity contribution is -0.385. The van der Waals surface area contributed by atoms with Crippen molar-refractivity contribution in [3.8, 4) is 0 Å². The van der Waals surface area contributed by atoms with E-state index < -0.39 is 4.92 Å². The summed E-state index contributed by atoms with van der Waals surface area (Å²) in [7, 11) is 0. The molecule has 2 atom stereocenters. The Morgan fingerprint density at radius 3 is 2.47 bits per heavy atom. The maximum Gasteiger partial charge on any atom is 0.332 e. The molecule has 2 saturated heterocycles. The SMILES string of the molecule is CCN1C[C@@H]2C[C@H]1CN2Cc1ccc(CNc2nc(C)nc(C)c2[N+](=O)[O-])c(F)c1.S.S. The number of piperazine rings is 1. The Morgan fingerprint density at radius 1 is 1.19 bits per heavy atom. The van der Waals surface area contributed by atoms with Gasteiger partial charge in [0.15, 0.2) is 0 Å². The van der Waals surface area contributed by atoms with Gasteiger partial charge in [0.25, 0.3) is 0 Å². The van der Waals surface area contributed by atoms with E-state index in [1.54, 1.807) is 26.0 Å². The summed E-state index contributed by atoms with van der Waals surface area (Å²) in [6, 6.07) is 6.45. The van der Waals surface area contributed by atoms with Crippen LogP contribution in [0.3, 0.4) is 0 Å². The fourth-order valence-electron chi connectivity index (χ4n) is 4.71. The molecule has 1 aromatic carbocycles. The van der Waals surface area contributed by atoms with Crippen LogP contribution in [-0.4, -0.2) is 56.4 Å². The van der Waals surface area contributed by atoms with Gasteiger partial charge in [-0.25, -0.2) is 14.4 Å². The number of hydrogen-bond donors (Lipinski definition) is 1. The molecular formula is C21H31FN6O2S2. The lowest BCUT2D eigenvalue weighted by Crippen LogP contribution is -2.45. The van der Waals surface area contributed by atoms with Crippen LogP contribution in [-0.2, 0) is 13.1 Å². The summed E-state index contributed by atoms with van der Waals surface area (Å²) in [5, 5.41) is 14.2. The molecule has 176 valence electrons. The van der Waals surface area contributed by atoms with Gasteiger partial charge in [0.05, 0.1) is 4.92 Å². The van der Waals surface area contributed by atoms with E-state index >= 15 is 0 Å². The molecule has 4 rings (SSSR count). The lowest BCUT2D eigenvalue weighted by atomic mass is 10.1. The van der Waals surface area contributed by atoms with Crippen LogP contribution in [0, 0.1) is 29.8 Å². The van der Waals surface area contributed by atoms with Crippen LogP contribution in [0.5, 0.6) is 0 Å². The molecule has 1 aromatic heterocycles. The smallest absolute Gasteiger partial charge is 0.332 e. The molecule has 2 aliphatic rings. The molecule has 2 bridgehead atoms. The van der Waals surface area contributed by atoms with Gasteiger partial charge in [0.2, 0.25) is 5.82 Å². The number of rotatable bonds is 7. The lowest BCUT2D eigenvalue weighted by Gasteiger charge is -2.33. The maximum absolute atomic E-state index is 14.7. The first-order valence-electron chi connectivity index (χ1n) is 10.3. The number of anilines is 1. The highest BCUT2D eigenvalue weighted by Crippen LogP contribution is 2.32. The third kappa shape index (κ3) is 5.33. The number of likely N-dealkylation sites (tertiary alicyclic amines) is 2. The van der Waals surface area contributed by atoms with Gasteiger partial charge in [-0.1, -0.05) is 19.1 Å². The fourth-order valence-corrected chi connectivity index (χ4v) is 4.71. The van der Waals surface area contributed by atoms with Crippen LogP contribution in [0.1, 0.15) is 36.0 Å². The van der Waals surface area contributed by atoms with Crippen molar-refractivity contribution in [2.24, 2.45) is 0 Å². The van der Waals surface area contributed by atoms with Crippen molar-refractivity contribution >= 4 is 38.5 Å². The topological polar surface area (TPSA) is 87.4 Å². The predicted octanol–water partition coefficient (Wildman–Crippen LogP) is 3.26. The highest BCUT2D eigenvalue weighted by molar-refractivity contribution is 7.59. The van der Waals surface area contributed by atoms with Gasteiger partial charge >= 0.3 is 5.69 Å². The molecule has 2 aliphatic heterocycles. The number of nitrogens with zero attached hydrogens (tertiary/aromatic N) is 5. The van der Waals surface area contributed by atoms with Crippen LogP contribution < -0.4 is 5.32 Å². The fraction of sp³-hybridized carbons (Fsp3) is 0.524. The summed E-state index contributed by atoms with van der Waals surface area (Å²) in [5.41, 5.74) is 1.50. The standard InChI is InChI=1S/C21H27FN6O2.2H2S/c1-4-26-11-18-8-17(26)12-27(18)10-15-5-6-16(19(22)7-15)9-23-21-20(28(29)30)13(2)24-14(3)25-21;;/h5-7,17-18H,4,8-12H2,1-3H3,(H,23,24,25);2*1H2/t17-,18-;;/m0../s1. The summed E-state index contributed by atoms with van der Waals surface area (Å²) >= 11 is 0. The van der Waals surface area contributed by atoms with Gasteiger partial charge in [-0.05, 0) is 38.4 Å². The molecule has 0 spiro atoms. The van der Waals surface area contributed by atoms with Crippen LogP contribution in [0.15, 0.2) is 18.2 Å². The van der Waals surface area contributed by atoms with Gasteiger partial charge in [-0.3, -0.25) is 19.9 Å². The minimum absolute atomic E-state index is 0. The largest absolute Gasteiger partial charge is 0.360 e. The molecule has 11 heteroatoms. The molecule has 0 aliphatic carbocycles. The number of nitro groups is 1. The number of nitrogens with one attached hydrogen (secondary N) is 1. The Hall–Kier alpha value is -1.95. The zero-order chi connectivity index (χ0) is 21.4. The van der Waals surface area contributed by atoms with Crippen LogP contribution >= 0.6 is 27.0 Å². The number of aromatic nitrogens is 2. The zero-order valence-electron chi connectivity index (χ0n) is 18.6. The first kappa shape index (κ1) is 26.3. The van der Waals surface area contributed by atoms with Gasteiger partial charge in [0, 0.05) is 43.8 Å². The second-order valence-electron chi connectivity index (χ2n) is 8.15. The number of hydrogen-bond acceptors (Lipinski definition) is 7. The Kier molecular flexibility index (Phi) is 8.86. The first-order chi connectivity index (χ1) is 14.4. The average molecular weight is 483 g/mol. The second-order valence-corrected chi connectivity index (χ2v) is 8.15. The third-order valence-corrected chi connectivity index (χ3v) is 6.18. The molecule has 32 heavy (non-hydrogen) atoms. The molecular weight excluding hydrogens is 451 g/mol. The summed E-state index contributed by atoms with van der Waals surface area (Å²) in [6.45, 7) is 9.53. The maximum atomic E-state index is 14.7. The predicted molar refractivity (Wildman–Crippen MR) is 132 cm³/mol. The van der Waals surface area contributed by atoms with Crippen LogP contribution in [0.4, 0.5) is 15.9 Å². The number of aryl methyl sites for hydroxylation is 2. The average Bonchev–Trinajstić information content (AvgIpc) is 3.26. The number of benzene rings is 1. The van der Waals surface area contributed by atoms with E-state index in [0.29, 0.717) is 23.5 Å². The second kappa shape index (κ2) is 10.8. The van der Waals surface area contributed by atoms with E-state index in [4.69, 9.17) is 0 Å². The van der Waals surface area contributed by atoms with Gasteiger partial charge in [-0.2, -0.15) is 27.0 Å². The minimum Gasteiger partial charge on any atom is -0.360 e. The molecule has 2 aromatic rings. The van der Waals surface area contributed by atoms with E-state index in [1.807, 2.05) is 6.07 Å². The van der Waals surface area contributed by atoms with Gasteiger partial charge < -0.3 is 5.32 Å². The quantitative estimate of drug-likeness (QED) is 0.479. The molecule has 2 fully saturated rings. The Balaban J connectivity index is 0.00000181. The van der Waals surface area contributed by atoms with Crippen LogP contribution in [0.25, 0.3) is 0 Å². The molecule has 0 amide bonds.